The van der Waals surface area contributed by atoms with E-state index in [1.54, 1.807) is 19.6 Å². The number of nitrogens with zero attached hydrogens (tertiary/aromatic N) is 4. The molecule has 8 nitrogen and oxygen atoms in total. The number of ether oxygens (including phenoxy) is 2. The van der Waals surface area contributed by atoms with Crippen LogP contribution in [0.5, 0.6) is 5.75 Å². The zero-order chi connectivity index (χ0) is 21.1. The van der Waals surface area contributed by atoms with E-state index in [1.165, 1.54) is 0 Å². The maximum absolute atomic E-state index is 11.7. The second-order valence-electron chi connectivity index (χ2n) is 8.28. The number of amides is 1. The molecule has 0 saturated heterocycles. The Balaban J connectivity index is 1.54. The van der Waals surface area contributed by atoms with Gasteiger partial charge in [0.25, 0.3) is 0 Å². The van der Waals surface area contributed by atoms with Crippen LogP contribution in [-0.2, 0) is 10.2 Å². The van der Waals surface area contributed by atoms with Gasteiger partial charge in [-0.05, 0) is 58.1 Å². The van der Waals surface area contributed by atoms with E-state index in [9.17, 15) is 10.1 Å². The first-order valence-electron chi connectivity index (χ1n) is 9.70. The van der Waals surface area contributed by atoms with Crippen molar-refractivity contribution in [2.24, 2.45) is 5.92 Å². The number of imidazole rings is 1. The largest absolute Gasteiger partial charge is 0.495 e. The van der Waals surface area contributed by atoms with Crippen LogP contribution in [-0.4, -0.2) is 39.9 Å². The summed E-state index contributed by atoms with van der Waals surface area (Å²) in [5, 5.41) is 12.5. The van der Waals surface area contributed by atoms with Crippen molar-refractivity contribution in [3.05, 3.63) is 36.5 Å². The summed E-state index contributed by atoms with van der Waals surface area (Å²) in [6.45, 7) is 6.02. The molecule has 1 amide bonds. The Morgan fingerprint density at radius 2 is 2.21 bits per heavy atom. The van der Waals surface area contributed by atoms with E-state index < -0.39 is 17.1 Å². The molecule has 1 saturated carbocycles. The van der Waals surface area contributed by atoms with Gasteiger partial charge in [0.15, 0.2) is 0 Å². The average Bonchev–Trinajstić information content (AvgIpc) is 3.17. The summed E-state index contributed by atoms with van der Waals surface area (Å²) in [4.78, 5) is 20.5. The molecular formula is C21H27N5O3. The Morgan fingerprint density at radius 1 is 1.41 bits per heavy atom. The SMILES string of the molecule is COc1ccc(-n2cnc([C@]3(C#N)C[C@H]3CCCNC(=O)OC(C)(C)C)c2)nc1. The van der Waals surface area contributed by atoms with Gasteiger partial charge < -0.3 is 14.8 Å². The Hall–Kier alpha value is -3.08. The van der Waals surface area contributed by atoms with E-state index in [4.69, 9.17) is 9.47 Å². The van der Waals surface area contributed by atoms with E-state index in [0.717, 1.165) is 30.8 Å². The molecule has 2 heterocycles. The Bertz CT molecular complexity index is 894. The second-order valence-corrected chi connectivity index (χ2v) is 8.28. The van der Waals surface area contributed by atoms with Crippen LogP contribution >= 0.6 is 0 Å². The standard InChI is InChI=1S/C21H27N5O3/c1-20(2,3)29-19(27)23-9-5-6-15-10-21(15,13-22)17-12-26(14-25-17)18-8-7-16(28-4)11-24-18/h7-8,11-12,14-15H,5-6,9-10H2,1-4H3,(H,23,27)/t15-,21+/m1/s1. The van der Waals surface area contributed by atoms with Crippen molar-refractivity contribution in [3.63, 3.8) is 0 Å². The molecular weight excluding hydrogens is 370 g/mol. The summed E-state index contributed by atoms with van der Waals surface area (Å²) < 4.78 is 12.2. The minimum atomic E-state index is -0.552. The molecule has 0 aromatic carbocycles. The van der Waals surface area contributed by atoms with Gasteiger partial charge in [0.05, 0.1) is 25.1 Å². The van der Waals surface area contributed by atoms with Gasteiger partial charge in [-0.3, -0.25) is 4.57 Å². The predicted molar refractivity (Wildman–Crippen MR) is 107 cm³/mol. The highest BCUT2D eigenvalue weighted by molar-refractivity contribution is 5.67. The smallest absolute Gasteiger partial charge is 0.407 e. The molecule has 29 heavy (non-hydrogen) atoms. The molecule has 0 radical (unpaired) electrons. The molecule has 8 heteroatoms. The van der Waals surface area contributed by atoms with Crippen molar-refractivity contribution in [1.29, 1.82) is 5.26 Å². The van der Waals surface area contributed by atoms with Gasteiger partial charge in [-0.2, -0.15) is 5.26 Å². The maximum Gasteiger partial charge on any atom is 0.407 e. The molecule has 0 spiro atoms. The van der Waals surface area contributed by atoms with Crippen molar-refractivity contribution < 1.29 is 14.3 Å². The van der Waals surface area contributed by atoms with Crippen molar-refractivity contribution in [2.45, 2.75) is 51.0 Å². The number of hydrogen-bond donors (Lipinski definition) is 1. The number of pyridine rings is 1. The zero-order valence-electron chi connectivity index (χ0n) is 17.3. The van der Waals surface area contributed by atoms with Crippen LogP contribution in [0.2, 0.25) is 0 Å². The Labute approximate surface area is 170 Å². The Kier molecular flexibility index (Phi) is 5.78. The number of nitriles is 1. The first-order chi connectivity index (χ1) is 13.8. The monoisotopic (exact) mass is 397 g/mol. The van der Waals surface area contributed by atoms with Gasteiger partial charge in [0, 0.05) is 12.7 Å². The maximum atomic E-state index is 11.7. The van der Waals surface area contributed by atoms with E-state index in [2.05, 4.69) is 21.4 Å². The molecule has 0 aliphatic heterocycles. The summed E-state index contributed by atoms with van der Waals surface area (Å²) in [6, 6.07) is 6.13. The molecule has 2 atom stereocenters. The highest BCUT2D eigenvalue weighted by Crippen LogP contribution is 2.55. The predicted octanol–water partition coefficient (Wildman–Crippen LogP) is 3.36. The number of hydrogen-bond acceptors (Lipinski definition) is 6. The van der Waals surface area contributed by atoms with Crippen LogP contribution in [0.25, 0.3) is 5.82 Å². The summed E-state index contributed by atoms with van der Waals surface area (Å²) in [7, 11) is 1.60. The third-order valence-electron chi connectivity index (χ3n) is 4.96. The van der Waals surface area contributed by atoms with Crippen LogP contribution in [0.3, 0.4) is 0 Å². The lowest BCUT2D eigenvalue weighted by Crippen LogP contribution is -2.33. The quantitative estimate of drug-likeness (QED) is 0.719. The summed E-state index contributed by atoms with van der Waals surface area (Å²) >= 11 is 0. The minimum Gasteiger partial charge on any atom is -0.495 e. The molecule has 1 aliphatic carbocycles. The van der Waals surface area contributed by atoms with Gasteiger partial charge >= 0.3 is 6.09 Å². The topological polar surface area (TPSA) is 102 Å². The number of nitrogens with one attached hydrogen (secondary N) is 1. The lowest BCUT2D eigenvalue weighted by molar-refractivity contribution is 0.0526. The van der Waals surface area contributed by atoms with Gasteiger partial charge in [0.1, 0.15) is 28.9 Å². The average molecular weight is 397 g/mol. The fraction of sp³-hybridized carbons (Fsp3) is 0.524. The summed E-state index contributed by atoms with van der Waals surface area (Å²) in [5.74, 6) is 1.64. The lowest BCUT2D eigenvalue weighted by atomic mass is 9.99. The van der Waals surface area contributed by atoms with Gasteiger partial charge in [-0.15, -0.1) is 0 Å². The number of rotatable bonds is 7. The van der Waals surface area contributed by atoms with E-state index in [0.29, 0.717) is 12.3 Å². The molecule has 0 unspecified atom stereocenters. The highest BCUT2D eigenvalue weighted by atomic mass is 16.6. The van der Waals surface area contributed by atoms with Gasteiger partial charge in [0.2, 0.25) is 0 Å². The number of carbonyl (C=O) groups is 1. The normalized spacial score (nSPS) is 20.6. The van der Waals surface area contributed by atoms with E-state index >= 15 is 0 Å². The van der Waals surface area contributed by atoms with Crippen molar-refractivity contribution in [1.82, 2.24) is 19.9 Å². The molecule has 0 bridgehead atoms. The van der Waals surface area contributed by atoms with Crippen LogP contribution in [0, 0.1) is 17.2 Å². The fourth-order valence-corrected chi connectivity index (χ4v) is 3.36. The van der Waals surface area contributed by atoms with Crippen molar-refractivity contribution in [3.8, 4) is 17.6 Å². The number of methoxy groups -OCH3 is 1. The molecule has 3 rings (SSSR count). The van der Waals surface area contributed by atoms with Crippen LogP contribution in [0.4, 0.5) is 4.79 Å². The van der Waals surface area contributed by atoms with Crippen LogP contribution in [0.15, 0.2) is 30.9 Å². The van der Waals surface area contributed by atoms with Gasteiger partial charge in [-0.25, -0.2) is 14.8 Å². The van der Waals surface area contributed by atoms with Crippen LogP contribution in [0.1, 0.15) is 45.7 Å². The van der Waals surface area contributed by atoms with E-state index in [1.807, 2.05) is 43.7 Å². The van der Waals surface area contributed by atoms with Crippen molar-refractivity contribution in [2.75, 3.05) is 13.7 Å². The molecule has 1 fully saturated rings. The molecule has 1 N–H and O–H groups in total. The van der Waals surface area contributed by atoms with Crippen molar-refractivity contribution >= 4 is 6.09 Å². The third-order valence-corrected chi connectivity index (χ3v) is 4.96. The summed E-state index contributed by atoms with van der Waals surface area (Å²) in [5.41, 5.74) is -0.291. The molecule has 154 valence electrons. The van der Waals surface area contributed by atoms with Crippen LogP contribution < -0.4 is 10.1 Å². The van der Waals surface area contributed by atoms with E-state index in [-0.39, 0.29) is 5.92 Å². The number of alkyl carbamates (subject to hydrolysis) is 1. The minimum absolute atomic E-state index is 0.236. The Morgan fingerprint density at radius 3 is 2.83 bits per heavy atom. The number of carbonyl (C=O) groups excluding carboxylic acids is 1. The fourth-order valence-electron chi connectivity index (χ4n) is 3.36. The first kappa shape index (κ1) is 20.6. The highest BCUT2D eigenvalue weighted by Gasteiger charge is 2.57. The first-order valence-corrected chi connectivity index (χ1v) is 9.70. The summed E-state index contributed by atoms with van der Waals surface area (Å²) in [6.07, 6.45) is 7.20. The molecule has 2 aromatic heterocycles. The molecule has 1 aliphatic rings. The van der Waals surface area contributed by atoms with Gasteiger partial charge in [-0.1, -0.05) is 0 Å². The number of aromatic nitrogens is 3. The lowest BCUT2D eigenvalue weighted by Gasteiger charge is -2.19. The second kappa shape index (κ2) is 8.11. The third kappa shape index (κ3) is 4.86. The zero-order valence-corrected chi connectivity index (χ0v) is 17.3. The molecule has 2 aromatic rings.